The number of rotatable bonds is 4. The van der Waals surface area contributed by atoms with E-state index in [4.69, 9.17) is 4.74 Å². The summed E-state index contributed by atoms with van der Waals surface area (Å²) in [7, 11) is 1.83. The van der Waals surface area contributed by atoms with Gasteiger partial charge < -0.3 is 4.74 Å². The predicted octanol–water partition coefficient (Wildman–Crippen LogP) is 1.48. The molecule has 0 amide bonds. The minimum Gasteiger partial charge on any atom is -0.466 e. The quantitative estimate of drug-likeness (QED) is 0.685. The fraction of sp³-hybridized carbons (Fsp3) is 0.600. The number of esters is 1. The summed E-state index contributed by atoms with van der Waals surface area (Å²) in [6.45, 7) is 4.21. The maximum Gasteiger partial charge on any atom is 0.313 e. The highest BCUT2D eigenvalue weighted by Crippen LogP contribution is 2.19. The van der Waals surface area contributed by atoms with Crippen LogP contribution in [0.15, 0.2) is 12.4 Å². The van der Waals surface area contributed by atoms with Crippen LogP contribution in [-0.2, 0) is 16.6 Å². The van der Waals surface area contributed by atoms with E-state index in [1.807, 2.05) is 27.1 Å². The average molecular weight is 196 g/mol. The van der Waals surface area contributed by atoms with E-state index in [0.29, 0.717) is 6.61 Å². The molecule has 1 atom stereocenters. The minimum atomic E-state index is -0.177. The Labute approximate surface area is 83.9 Å². The maximum absolute atomic E-state index is 11.5. The van der Waals surface area contributed by atoms with Crippen molar-refractivity contribution in [3.8, 4) is 0 Å². The molecule has 1 aromatic heterocycles. The van der Waals surface area contributed by atoms with Gasteiger partial charge in [0.15, 0.2) is 0 Å². The Morgan fingerprint density at radius 2 is 2.36 bits per heavy atom. The van der Waals surface area contributed by atoms with Crippen LogP contribution < -0.4 is 0 Å². The van der Waals surface area contributed by atoms with Crippen molar-refractivity contribution >= 4 is 5.97 Å². The van der Waals surface area contributed by atoms with Gasteiger partial charge in [-0.15, -0.1) is 0 Å². The summed E-state index contributed by atoms with van der Waals surface area (Å²) in [6, 6.07) is 0. The molecule has 0 fully saturated rings. The van der Waals surface area contributed by atoms with Crippen LogP contribution in [0.3, 0.4) is 0 Å². The smallest absolute Gasteiger partial charge is 0.313 e. The van der Waals surface area contributed by atoms with Crippen molar-refractivity contribution in [1.29, 1.82) is 0 Å². The van der Waals surface area contributed by atoms with Gasteiger partial charge in [0, 0.05) is 18.8 Å². The zero-order valence-corrected chi connectivity index (χ0v) is 8.86. The molecule has 0 aromatic carbocycles. The first kappa shape index (κ1) is 10.8. The third kappa shape index (κ3) is 2.34. The van der Waals surface area contributed by atoms with Crippen LogP contribution in [0.2, 0.25) is 0 Å². The zero-order valence-electron chi connectivity index (χ0n) is 8.86. The molecule has 14 heavy (non-hydrogen) atoms. The molecular weight excluding hydrogens is 180 g/mol. The van der Waals surface area contributed by atoms with Gasteiger partial charge in [0.05, 0.1) is 18.7 Å². The molecule has 4 heteroatoms. The molecule has 0 N–H and O–H groups in total. The van der Waals surface area contributed by atoms with Crippen LogP contribution in [-0.4, -0.2) is 22.4 Å². The van der Waals surface area contributed by atoms with Crippen molar-refractivity contribution < 1.29 is 9.53 Å². The van der Waals surface area contributed by atoms with Crippen LogP contribution in [0.1, 0.15) is 31.7 Å². The fourth-order valence-corrected chi connectivity index (χ4v) is 1.40. The molecule has 0 aliphatic carbocycles. The Bertz CT molecular complexity index is 307. The first-order chi connectivity index (χ1) is 6.69. The highest BCUT2D eigenvalue weighted by Gasteiger charge is 2.20. The standard InChI is InChI=1S/C10H16N2O2/c1-4-9(10(13)14-5-2)8-6-11-12(3)7-8/h6-7,9H,4-5H2,1-3H3. The average Bonchev–Trinajstić information content (AvgIpc) is 2.54. The van der Waals surface area contributed by atoms with Gasteiger partial charge in [-0.2, -0.15) is 5.10 Å². The van der Waals surface area contributed by atoms with Crippen LogP contribution >= 0.6 is 0 Å². The lowest BCUT2D eigenvalue weighted by Gasteiger charge is -2.10. The van der Waals surface area contributed by atoms with Crippen LogP contribution in [0.25, 0.3) is 0 Å². The minimum absolute atomic E-state index is 0.164. The second kappa shape index (κ2) is 4.79. The van der Waals surface area contributed by atoms with Gasteiger partial charge in [0.1, 0.15) is 0 Å². The van der Waals surface area contributed by atoms with Gasteiger partial charge in [-0.05, 0) is 13.3 Å². The molecule has 1 rings (SSSR count). The van der Waals surface area contributed by atoms with E-state index < -0.39 is 0 Å². The van der Waals surface area contributed by atoms with Gasteiger partial charge >= 0.3 is 5.97 Å². The third-order valence-electron chi connectivity index (χ3n) is 2.11. The Morgan fingerprint density at radius 3 is 2.79 bits per heavy atom. The lowest BCUT2D eigenvalue weighted by atomic mass is 10.0. The fourth-order valence-electron chi connectivity index (χ4n) is 1.40. The normalized spacial score (nSPS) is 12.5. The van der Waals surface area contributed by atoms with Crippen molar-refractivity contribution in [2.75, 3.05) is 6.61 Å². The molecule has 0 saturated heterocycles. The monoisotopic (exact) mass is 196 g/mol. The van der Waals surface area contributed by atoms with Gasteiger partial charge in [0.2, 0.25) is 0 Å². The van der Waals surface area contributed by atoms with Crippen molar-refractivity contribution in [2.45, 2.75) is 26.2 Å². The number of hydrogen-bond donors (Lipinski definition) is 0. The zero-order chi connectivity index (χ0) is 10.6. The van der Waals surface area contributed by atoms with Crippen molar-refractivity contribution in [3.05, 3.63) is 18.0 Å². The highest BCUT2D eigenvalue weighted by molar-refractivity contribution is 5.77. The Morgan fingerprint density at radius 1 is 1.64 bits per heavy atom. The van der Waals surface area contributed by atoms with Gasteiger partial charge in [-0.25, -0.2) is 0 Å². The van der Waals surface area contributed by atoms with Crippen LogP contribution in [0, 0.1) is 0 Å². The lowest BCUT2D eigenvalue weighted by Crippen LogP contribution is -2.14. The molecule has 0 spiro atoms. The summed E-state index contributed by atoms with van der Waals surface area (Å²) in [6.07, 6.45) is 4.31. The maximum atomic E-state index is 11.5. The second-order valence-electron chi connectivity index (χ2n) is 3.16. The molecule has 0 saturated carbocycles. The van der Waals surface area contributed by atoms with Crippen LogP contribution in [0.4, 0.5) is 0 Å². The summed E-state index contributed by atoms with van der Waals surface area (Å²) >= 11 is 0. The first-order valence-corrected chi connectivity index (χ1v) is 4.84. The van der Waals surface area contributed by atoms with E-state index in [9.17, 15) is 4.79 Å². The molecule has 4 nitrogen and oxygen atoms in total. The summed E-state index contributed by atoms with van der Waals surface area (Å²) in [5.41, 5.74) is 0.924. The van der Waals surface area contributed by atoms with Gasteiger partial charge in [-0.1, -0.05) is 6.92 Å². The molecular formula is C10H16N2O2. The molecule has 0 radical (unpaired) electrons. The van der Waals surface area contributed by atoms with E-state index in [-0.39, 0.29) is 11.9 Å². The number of hydrogen-bond acceptors (Lipinski definition) is 3. The van der Waals surface area contributed by atoms with E-state index in [1.165, 1.54) is 0 Å². The van der Waals surface area contributed by atoms with Crippen molar-refractivity contribution in [3.63, 3.8) is 0 Å². The Hall–Kier alpha value is -1.32. The number of carbonyl (C=O) groups excluding carboxylic acids is 1. The third-order valence-corrected chi connectivity index (χ3v) is 2.11. The topological polar surface area (TPSA) is 44.1 Å². The predicted molar refractivity (Wildman–Crippen MR) is 52.9 cm³/mol. The number of nitrogens with zero attached hydrogens (tertiary/aromatic N) is 2. The summed E-state index contributed by atoms with van der Waals surface area (Å²) in [5.74, 6) is -0.341. The highest BCUT2D eigenvalue weighted by atomic mass is 16.5. The number of ether oxygens (including phenoxy) is 1. The lowest BCUT2D eigenvalue weighted by molar-refractivity contribution is -0.145. The molecule has 0 aliphatic heterocycles. The molecule has 1 heterocycles. The van der Waals surface area contributed by atoms with E-state index in [0.717, 1.165) is 12.0 Å². The molecule has 0 aliphatic rings. The molecule has 0 bridgehead atoms. The van der Waals surface area contributed by atoms with Crippen LogP contribution in [0.5, 0.6) is 0 Å². The molecule has 78 valence electrons. The van der Waals surface area contributed by atoms with E-state index >= 15 is 0 Å². The second-order valence-corrected chi connectivity index (χ2v) is 3.16. The summed E-state index contributed by atoms with van der Waals surface area (Å²) < 4.78 is 6.67. The van der Waals surface area contributed by atoms with E-state index in [2.05, 4.69) is 5.10 Å². The van der Waals surface area contributed by atoms with Crippen molar-refractivity contribution in [1.82, 2.24) is 9.78 Å². The summed E-state index contributed by atoms with van der Waals surface area (Å²) in [5, 5.41) is 4.04. The Balaban J connectivity index is 2.76. The SMILES string of the molecule is CCOC(=O)C(CC)c1cnn(C)c1. The molecule has 1 aromatic rings. The summed E-state index contributed by atoms with van der Waals surface area (Å²) in [4.78, 5) is 11.5. The first-order valence-electron chi connectivity index (χ1n) is 4.84. The van der Waals surface area contributed by atoms with Gasteiger partial charge in [0.25, 0.3) is 0 Å². The number of carbonyl (C=O) groups is 1. The Kier molecular flexibility index (Phi) is 3.68. The van der Waals surface area contributed by atoms with E-state index in [1.54, 1.807) is 10.9 Å². The van der Waals surface area contributed by atoms with Gasteiger partial charge in [-0.3, -0.25) is 9.48 Å². The molecule has 1 unspecified atom stereocenters. The number of aromatic nitrogens is 2. The number of aryl methyl sites for hydroxylation is 1. The van der Waals surface area contributed by atoms with Crippen molar-refractivity contribution in [2.24, 2.45) is 7.05 Å². The largest absolute Gasteiger partial charge is 0.466 e.